The summed E-state index contributed by atoms with van der Waals surface area (Å²) in [6, 6.07) is -0.742. The molecule has 0 unspecified atom stereocenters. The Morgan fingerprint density at radius 2 is 1.79 bits per heavy atom. The van der Waals surface area contributed by atoms with E-state index in [0.29, 0.717) is 6.61 Å². The van der Waals surface area contributed by atoms with Crippen LogP contribution in [0.1, 0.15) is 72.0 Å². The Labute approximate surface area is 226 Å². The molecule has 0 spiro atoms. The lowest BCUT2D eigenvalue weighted by Gasteiger charge is -2.34. The number of nitrogens with zero attached hydrogens (tertiary/aromatic N) is 4. The highest BCUT2D eigenvalue weighted by molar-refractivity contribution is 6.39. The summed E-state index contributed by atoms with van der Waals surface area (Å²) in [5.74, 6) is -2.76. The van der Waals surface area contributed by atoms with Crippen molar-refractivity contribution >= 4 is 40.9 Å². The number of carboxylic acids is 1. The number of ether oxygens (including phenoxy) is 1. The van der Waals surface area contributed by atoms with Gasteiger partial charge in [-0.05, 0) is 39.5 Å². The first-order valence-corrected chi connectivity index (χ1v) is 12.6. The zero-order valence-corrected chi connectivity index (χ0v) is 22.2. The Kier molecular flexibility index (Phi) is 9.43. The number of halogens is 5. The molecule has 9 nitrogen and oxygen atoms in total. The third kappa shape index (κ3) is 6.47. The van der Waals surface area contributed by atoms with Gasteiger partial charge in [0.05, 0.1) is 52.0 Å². The van der Waals surface area contributed by atoms with Crippen LogP contribution in [0.5, 0.6) is 0 Å². The zero-order chi connectivity index (χ0) is 28.3. The van der Waals surface area contributed by atoms with Crippen LogP contribution in [-0.4, -0.2) is 68.7 Å². The number of carbonyl (C=O) groups excluding carboxylic acids is 2. The molecule has 0 atom stereocenters. The largest absolute Gasteiger partial charge is 0.481 e. The molecule has 14 heteroatoms. The van der Waals surface area contributed by atoms with Crippen LogP contribution in [0.4, 0.5) is 13.2 Å². The van der Waals surface area contributed by atoms with E-state index in [1.54, 1.807) is 13.8 Å². The number of alkyl halides is 3. The first-order chi connectivity index (χ1) is 17.8. The second-order valence-corrected chi connectivity index (χ2v) is 10.1. The van der Waals surface area contributed by atoms with E-state index in [9.17, 15) is 32.7 Å². The third-order valence-corrected chi connectivity index (χ3v) is 7.25. The number of ketones is 1. The van der Waals surface area contributed by atoms with Crippen molar-refractivity contribution in [1.29, 1.82) is 0 Å². The molecule has 0 saturated heterocycles. The first kappa shape index (κ1) is 29.9. The number of hydrogen-bond acceptors (Lipinski definition) is 6. The van der Waals surface area contributed by atoms with Crippen LogP contribution in [0.15, 0.2) is 18.6 Å². The average molecular weight is 579 g/mol. The molecule has 1 amide bonds. The molecule has 38 heavy (non-hydrogen) atoms. The van der Waals surface area contributed by atoms with E-state index in [1.807, 2.05) is 0 Å². The van der Waals surface area contributed by atoms with E-state index in [0.717, 1.165) is 15.8 Å². The van der Waals surface area contributed by atoms with Crippen LogP contribution in [0.25, 0.3) is 0 Å². The maximum absolute atomic E-state index is 14.3. The first-order valence-electron chi connectivity index (χ1n) is 11.9. The maximum Gasteiger partial charge on any atom is 0.433 e. The van der Waals surface area contributed by atoms with E-state index in [4.69, 9.17) is 27.9 Å². The highest BCUT2D eigenvalue weighted by Gasteiger charge is 2.45. The summed E-state index contributed by atoms with van der Waals surface area (Å²) in [7, 11) is 0. The van der Waals surface area contributed by atoms with Gasteiger partial charge in [0.25, 0.3) is 5.91 Å². The lowest BCUT2D eigenvalue weighted by Crippen LogP contribution is -2.39. The second-order valence-electron chi connectivity index (χ2n) is 9.27. The number of hydrogen-bond donors (Lipinski definition) is 1. The number of amides is 1. The number of rotatable bonds is 10. The Morgan fingerprint density at radius 1 is 1.18 bits per heavy atom. The van der Waals surface area contributed by atoms with Gasteiger partial charge in [0.1, 0.15) is 0 Å². The summed E-state index contributed by atoms with van der Waals surface area (Å²) >= 11 is 12.1. The van der Waals surface area contributed by atoms with Crippen LogP contribution in [0.2, 0.25) is 10.0 Å². The fourth-order valence-corrected chi connectivity index (χ4v) is 5.02. The van der Waals surface area contributed by atoms with Crippen molar-refractivity contribution in [2.45, 2.75) is 51.7 Å². The van der Waals surface area contributed by atoms with Gasteiger partial charge in [-0.2, -0.15) is 18.3 Å². The second kappa shape index (κ2) is 12.0. The summed E-state index contributed by atoms with van der Waals surface area (Å²) in [6.07, 6.45) is -1.11. The molecule has 0 radical (unpaired) electrons. The number of Topliss-reactive ketones (excluding diaryl/α,β-unsaturated/α-hetero) is 1. The van der Waals surface area contributed by atoms with Crippen molar-refractivity contribution in [3.63, 3.8) is 0 Å². The molecule has 0 aliphatic heterocycles. The van der Waals surface area contributed by atoms with E-state index in [-0.39, 0.29) is 54.4 Å². The van der Waals surface area contributed by atoms with Gasteiger partial charge < -0.3 is 14.7 Å². The van der Waals surface area contributed by atoms with E-state index >= 15 is 0 Å². The molecule has 0 aromatic carbocycles. The minimum absolute atomic E-state index is 0.0286. The molecule has 1 N–H and O–H groups in total. The number of aromatic nitrogens is 3. The highest BCUT2D eigenvalue weighted by atomic mass is 35.5. The molecule has 1 saturated carbocycles. The molecule has 2 heterocycles. The predicted molar refractivity (Wildman–Crippen MR) is 131 cm³/mol. The van der Waals surface area contributed by atoms with Gasteiger partial charge in [0, 0.05) is 25.5 Å². The third-order valence-electron chi connectivity index (χ3n) is 6.68. The molecule has 1 fully saturated rings. The predicted octanol–water partition coefficient (Wildman–Crippen LogP) is 5.17. The topological polar surface area (TPSA) is 115 Å². The van der Waals surface area contributed by atoms with Crippen LogP contribution < -0.4 is 0 Å². The SMILES string of the molecule is CCOCCN(CC(=O)c1c(Cl)cncc1Cl)C(=O)c1cnn(C2CCC(C)(C(=O)O)CC2)c1C(F)(F)F. The summed E-state index contributed by atoms with van der Waals surface area (Å²) < 4.78 is 48.9. The van der Waals surface area contributed by atoms with Crippen molar-refractivity contribution in [2.24, 2.45) is 5.41 Å². The van der Waals surface area contributed by atoms with E-state index in [1.165, 1.54) is 12.4 Å². The molecule has 1 aliphatic rings. The lowest BCUT2D eigenvalue weighted by atomic mass is 9.74. The Balaban J connectivity index is 1.94. The summed E-state index contributed by atoms with van der Waals surface area (Å²) in [5.41, 5.74) is -3.11. The standard InChI is InChI=1S/C24H27Cl2F3N4O5/c1-3-38-9-8-32(13-18(34)19-16(25)11-30-12-17(19)26)21(35)15-10-31-33(20(15)24(27,28)29)14-4-6-23(2,7-5-14)22(36)37/h10-12,14H,3-9,13H2,1-2H3,(H,36,37). The van der Waals surface area contributed by atoms with Gasteiger partial charge in [-0.3, -0.25) is 24.0 Å². The monoisotopic (exact) mass is 578 g/mol. The zero-order valence-electron chi connectivity index (χ0n) is 20.7. The average Bonchev–Trinajstić information content (AvgIpc) is 3.29. The van der Waals surface area contributed by atoms with Gasteiger partial charge >= 0.3 is 12.1 Å². The fourth-order valence-electron chi connectivity index (χ4n) is 4.45. The molecular weight excluding hydrogens is 552 g/mol. The maximum atomic E-state index is 14.3. The highest BCUT2D eigenvalue weighted by Crippen LogP contribution is 2.43. The number of carboxylic acid groups (broad SMARTS) is 1. The number of aliphatic carboxylic acids is 1. The van der Waals surface area contributed by atoms with Gasteiger partial charge in [-0.1, -0.05) is 23.2 Å². The number of pyridine rings is 1. The van der Waals surface area contributed by atoms with E-state index in [2.05, 4.69) is 10.1 Å². The fraction of sp³-hybridized carbons (Fsp3) is 0.542. The van der Waals surface area contributed by atoms with Crippen molar-refractivity contribution in [2.75, 3.05) is 26.3 Å². The van der Waals surface area contributed by atoms with Crippen molar-refractivity contribution in [1.82, 2.24) is 19.7 Å². The normalized spacial score (nSPS) is 19.8. The summed E-state index contributed by atoms with van der Waals surface area (Å²) in [4.78, 5) is 42.7. The van der Waals surface area contributed by atoms with Crippen LogP contribution >= 0.6 is 23.2 Å². The Morgan fingerprint density at radius 3 is 2.32 bits per heavy atom. The van der Waals surface area contributed by atoms with Crippen molar-refractivity contribution < 1.29 is 37.4 Å². The van der Waals surface area contributed by atoms with Crippen molar-refractivity contribution in [3.8, 4) is 0 Å². The van der Waals surface area contributed by atoms with E-state index < -0.39 is 53.1 Å². The Hall–Kier alpha value is -2.70. The minimum atomic E-state index is -4.94. The van der Waals surface area contributed by atoms with Crippen LogP contribution in [-0.2, 0) is 15.7 Å². The van der Waals surface area contributed by atoms with Gasteiger partial charge in [0.2, 0.25) is 0 Å². The van der Waals surface area contributed by atoms with Crippen molar-refractivity contribution in [3.05, 3.63) is 45.5 Å². The van der Waals surface area contributed by atoms with Gasteiger partial charge in [-0.25, -0.2) is 0 Å². The van der Waals surface area contributed by atoms with Crippen LogP contribution in [0, 0.1) is 5.41 Å². The molecule has 208 valence electrons. The molecule has 2 aromatic rings. The molecule has 2 aromatic heterocycles. The molecular formula is C24H27Cl2F3N4O5. The molecule has 1 aliphatic carbocycles. The smallest absolute Gasteiger partial charge is 0.433 e. The summed E-state index contributed by atoms with van der Waals surface area (Å²) in [6.45, 7) is 2.74. The number of carbonyl (C=O) groups is 3. The minimum Gasteiger partial charge on any atom is -0.481 e. The summed E-state index contributed by atoms with van der Waals surface area (Å²) in [5, 5.41) is 13.2. The van der Waals surface area contributed by atoms with Gasteiger partial charge in [-0.15, -0.1) is 0 Å². The molecule has 0 bridgehead atoms. The Bertz CT molecular complexity index is 1180. The van der Waals surface area contributed by atoms with Gasteiger partial charge in [0.15, 0.2) is 11.5 Å². The quantitative estimate of drug-likeness (QED) is 0.305. The van der Waals surface area contributed by atoms with Crippen LogP contribution in [0.3, 0.4) is 0 Å². The molecule has 3 rings (SSSR count). The lowest BCUT2D eigenvalue weighted by molar-refractivity contribution is -0.152.